The molecule has 1 atom stereocenters. The SMILES string of the molecule is O=C(NC[C@H]1OCCc2ccccc21)c1cc(CN2CCC(O)CC2)on1. The van der Waals surface area contributed by atoms with Gasteiger partial charge in [-0.15, -0.1) is 0 Å². The first-order valence-corrected chi connectivity index (χ1v) is 9.52. The number of hydrogen-bond acceptors (Lipinski definition) is 6. The van der Waals surface area contributed by atoms with Crippen LogP contribution in [0.3, 0.4) is 0 Å². The van der Waals surface area contributed by atoms with Crippen LogP contribution in [-0.2, 0) is 17.7 Å². The maximum atomic E-state index is 12.4. The molecule has 1 aromatic heterocycles. The zero-order valence-corrected chi connectivity index (χ0v) is 15.3. The normalized spacial score (nSPS) is 21.0. The molecule has 7 heteroatoms. The number of carbonyl (C=O) groups is 1. The summed E-state index contributed by atoms with van der Waals surface area (Å²) < 4.78 is 11.1. The van der Waals surface area contributed by atoms with Gasteiger partial charge in [0.25, 0.3) is 5.91 Å². The van der Waals surface area contributed by atoms with Crippen LogP contribution in [0.1, 0.15) is 46.3 Å². The highest BCUT2D eigenvalue weighted by Gasteiger charge is 2.23. The maximum absolute atomic E-state index is 12.4. The Hall–Kier alpha value is -2.22. The van der Waals surface area contributed by atoms with Crippen molar-refractivity contribution < 1.29 is 19.2 Å². The Balaban J connectivity index is 1.31. The number of aliphatic hydroxyl groups excluding tert-OH is 1. The summed E-state index contributed by atoms with van der Waals surface area (Å²) in [6.45, 7) is 3.31. The summed E-state index contributed by atoms with van der Waals surface area (Å²) in [5, 5.41) is 16.4. The van der Waals surface area contributed by atoms with E-state index in [-0.39, 0.29) is 23.8 Å². The number of nitrogens with one attached hydrogen (secondary N) is 1. The molecule has 3 heterocycles. The molecule has 7 nitrogen and oxygen atoms in total. The molecule has 0 radical (unpaired) electrons. The highest BCUT2D eigenvalue weighted by atomic mass is 16.5. The van der Waals surface area contributed by atoms with Gasteiger partial charge in [-0.25, -0.2) is 0 Å². The van der Waals surface area contributed by atoms with Gasteiger partial charge in [-0.3, -0.25) is 9.69 Å². The molecule has 1 fully saturated rings. The first-order chi connectivity index (χ1) is 13.2. The second-order valence-electron chi connectivity index (χ2n) is 7.20. The Bertz CT molecular complexity index is 783. The van der Waals surface area contributed by atoms with Gasteiger partial charge < -0.3 is 19.7 Å². The Kier molecular flexibility index (Phi) is 5.52. The molecule has 0 spiro atoms. The van der Waals surface area contributed by atoms with Crippen molar-refractivity contribution in [3.8, 4) is 0 Å². The van der Waals surface area contributed by atoms with E-state index < -0.39 is 0 Å². The van der Waals surface area contributed by atoms with Gasteiger partial charge in [0.05, 0.1) is 19.3 Å². The molecule has 2 aliphatic heterocycles. The number of nitrogens with zero attached hydrogens (tertiary/aromatic N) is 2. The van der Waals surface area contributed by atoms with E-state index in [1.165, 1.54) is 5.56 Å². The Morgan fingerprint density at radius 1 is 1.30 bits per heavy atom. The van der Waals surface area contributed by atoms with Gasteiger partial charge >= 0.3 is 0 Å². The minimum absolute atomic E-state index is 0.134. The van der Waals surface area contributed by atoms with Crippen molar-refractivity contribution in [2.45, 2.75) is 38.0 Å². The molecule has 2 aromatic rings. The Morgan fingerprint density at radius 2 is 2.11 bits per heavy atom. The van der Waals surface area contributed by atoms with Crippen molar-refractivity contribution in [1.29, 1.82) is 0 Å². The van der Waals surface area contributed by atoms with E-state index in [1.807, 2.05) is 12.1 Å². The second-order valence-corrected chi connectivity index (χ2v) is 7.20. The standard InChI is InChI=1S/C20H25N3O4/c24-15-5-8-23(9-6-15)13-16-11-18(22-27-16)20(25)21-12-19-17-4-2-1-3-14(17)7-10-26-19/h1-4,11,15,19,24H,5-10,12-13H2,(H,21,25)/t19-/m1/s1. The molecule has 1 aromatic carbocycles. The van der Waals surface area contributed by atoms with E-state index >= 15 is 0 Å². The third-order valence-corrected chi connectivity index (χ3v) is 5.27. The monoisotopic (exact) mass is 371 g/mol. The average Bonchev–Trinajstić information content (AvgIpc) is 3.16. The van der Waals surface area contributed by atoms with Crippen LogP contribution in [0, 0.1) is 0 Å². The largest absolute Gasteiger partial charge is 0.393 e. The summed E-state index contributed by atoms with van der Waals surface area (Å²) in [5.74, 6) is 0.404. The number of rotatable bonds is 5. The fraction of sp³-hybridized carbons (Fsp3) is 0.500. The van der Waals surface area contributed by atoms with Gasteiger partial charge in [0, 0.05) is 25.7 Å². The summed E-state index contributed by atoms with van der Waals surface area (Å²) in [7, 11) is 0. The number of fused-ring (bicyclic) bond motifs is 1. The predicted octanol–water partition coefficient (Wildman–Crippen LogP) is 1.68. The molecule has 0 unspecified atom stereocenters. The molecule has 0 bridgehead atoms. The number of hydrogen-bond donors (Lipinski definition) is 2. The number of benzene rings is 1. The number of aliphatic hydroxyl groups is 1. The number of piperidine rings is 1. The zero-order chi connectivity index (χ0) is 18.6. The van der Waals surface area contributed by atoms with Crippen molar-refractivity contribution >= 4 is 5.91 Å². The smallest absolute Gasteiger partial charge is 0.273 e. The molecule has 1 amide bonds. The number of carbonyl (C=O) groups excluding carboxylic acids is 1. The predicted molar refractivity (Wildman–Crippen MR) is 98.2 cm³/mol. The van der Waals surface area contributed by atoms with E-state index in [0.29, 0.717) is 25.5 Å². The van der Waals surface area contributed by atoms with Gasteiger partial charge in [-0.05, 0) is 30.4 Å². The molecule has 144 valence electrons. The van der Waals surface area contributed by atoms with E-state index in [9.17, 15) is 9.90 Å². The van der Waals surface area contributed by atoms with Crippen molar-refractivity contribution in [1.82, 2.24) is 15.4 Å². The zero-order valence-electron chi connectivity index (χ0n) is 15.3. The summed E-state index contributed by atoms with van der Waals surface area (Å²) in [6, 6.07) is 9.87. The number of likely N-dealkylation sites (tertiary alicyclic amines) is 1. The molecule has 0 aliphatic carbocycles. The lowest BCUT2D eigenvalue weighted by molar-refractivity contribution is 0.0410. The fourth-order valence-electron chi connectivity index (χ4n) is 3.71. The van der Waals surface area contributed by atoms with Crippen LogP contribution in [0.2, 0.25) is 0 Å². The van der Waals surface area contributed by atoms with Gasteiger partial charge in [0.2, 0.25) is 0 Å². The molecule has 27 heavy (non-hydrogen) atoms. The van der Waals surface area contributed by atoms with Crippen LogP contribution in [0.5, 0.6) is 0 Å². The third-order valence-electron chi connectivity index (χ3n) is 5.27. The molecule has 2 aliphatic rings. The average molecular weight is 371 g/mol. The molecule has 4 rings (SSSR count). The molecular weight excluding hydrogens is 346 g/mol. The lowest BCUT2D eigenvalue weighted by Gasteiger charge is -2.28. The van der Waals surface area contributed by atoms with E-state index in [1.54, 1.807) is 6.07 Å². The highest BCUT2D eigenvalue weighted by molar-refractivity contribution is 5.92. The van der Waals surface area contributed by atoms with Crippen molar-refractivity contribution in [3.05, 3.63) is 52.9 Å². The summed E-state index contributed by atoms with van der Waals surface area (Å²) in [4.78, 5) is 14.6. The summed E-state index contributed by atoms with van der Waals surface area (Å²) in [5.41, 5.74) is 2.70. The summed E-state index contributed by atoms with van der Waals surface area (Å²) >= 11 is 0. The Labute approximate surface area is 158 Å². The first kappa shape index (κ1) is 18.2. The topological polar surface area (TPSA) is 87.8 Å². The number of ether oxygens (including phenoxy) is 1. The quantitative estimate of drug-likeness (QED) is 0.831. The van der Waals surface area contributed by atoms with Crippen molar-refractivity contribution in [2.24, 2.45) is 0 Å². The van der Waals surface area contributed by atoms with Crippen LogP contribution in [-0.4, -0.2) is 53.4 Å². The van der Waals surface area contributed by atoms with E-state index in [2.05, 4.69) is 27.5 Å². The Morgan fingerprint density at radius 3 is 2.96 bits per heavy atom. The lowest BCUT2D eigenvalue weighted by atomic mass is 9.97. The molecule has 1 saturated heterocycles. The minimum Gasteiger partial charge on any atom is -0.393 e. The number of amides is 1. The van der Waals surface area contributed by atoms with Crippen LogP contribution >= 0.6 is 0 Å². The molecule has 0 saturated carbocycles. The van der Waals surface area contributed by atoms with Gasteiger partial charge in [0.1, 0.15) is 6.10 Å². The first-order valence-electron chi connectivity index (χ1n) is 9.52. The summed E-state index contributed by atoms with van der Waals surface area (Å²) in [6.07, 6.45) is 2.10. The van der Waals surface area contributed by atoms with Crippen LogP contribution in [0.4, 0.5) is 0 Å². The molecular formula is C20H25N3O4. The third kappa shape index (κ3) is 4.37. The maximum Gasteiger partial charge on any atom is 0.273 e. The fourth-order valence-corrected chi connectivity index (χ4v) is 3.71. The van der Waals surface area contributed by atoms with Gasteiger partial charge in [-0.1, -0.05) is 29.4 Å². The molecule has 2 N–H and O–H groups in total. The van der Waals surface area contributed by atoms with Crippen molar-refractivity contribution in [3.63, 3.8) is 0 Å². The minimum atomic E-state index is -0.259. The highest BCUT2D eigenvalue weighted by Crippen LogP contribution is 2.26. The van der Waals surface area contributed by atoms with Gasteiger partial charge in [0.15, 0.2) is 11.5 Å². The van der Waals surface area contributed by atoms with Gasteiger partial charge in [-0.2, -0.15) is 0 Å². The van der Waals surface area contributed by atoms with Crippen LogP contribution in [0.25, 0.3) is 0 Å². The lowest BCUT2D eigenvalue weighted by Crippen LogP contribution is -2.35. The van der Waals surface area contributed by atoms with E-state index in [0.717, 1.165) is 37.9 Å². The van der Waals surface area contributed by atoms with Crippen LogP contribution < -0.4 is 5.32 Å². The second kappa shape index (κ2) is 8.21. The van der Waals surface area contributed by atoms with E-state index in [4.69, 9.17) is 9.26 Å². The number of aromatic nitrogens is 1. The van der Waals surface area contributed by atoms with Crippen LogP contribution in [0.15, 0.2) is 34.9 Å². The van der Waals surface area contributed by atoms with Crippen molar-refractivity contribution in [2.75, 3.05) is 26.2 Å².